The molecule has 7 heteroatoms. The van der Waals surface area contributed by atoms with Crippen molar-refractivity contribution in [1.82, 2.24) is 10.2 Å². The number of hydrogen-bond acceptors (Lipinski definition) is 5. The molecule has 0 radical (unpaired) electrons. The summed E-state index contributed by atoms with van der Waals surface area (Å²) in [4.78, 5) is 37.4. The number of carbonyl (C=O) groups excluding carboxylic acids is 3. The molecule has 0 bridgehead atoms. The van der Waals surface area contributed by atoms with Crippen molar-refractivity contribution in [2.24, 2.45) is 5.92 Å². The third-order valence-corrected chi connectivity index (χ3v) is 5.47. The zero-order chi connectivity index (χ0) is 19.6. The van der Waals surface area contributed by atoms with Crippen LogP contribution in [0, 0.1) is 5.92 Å². The van der Waals surface area contributed by atoms with Crippen molar-refractivity contribution in [1.29, 1.82) is 0 Å². The Morgan fingerprint density at radius 2 is 1.93 bits per heavy atom. The van der Waals surface area contributed by atoms with Gasteiger partial charge in [0.1, 0.15) is 24.0 Å². The van der Waals surface area contributed by atoms with Gasteiger partial charge in [0, 0.05) is 5.56 Å². The molecule has 0 unspecified atom stereocenters. The Hall–Kier alpha value is -2.41. The van der Waals surface area contributed by atoms with Crippen molar-refractivity contribution in [2.75, 3.05) is 13.2 Å². The molecule has 146 valence electrons. The molecule has 2 fully saturated rings. The van der Waals surface area contributed by atoms with E-state index < -0.39 is 17.7 Å². The third-order valence-electron chi connectivity index (χ3n) is 5.47. The SMILES string of the molecule is CC(=O)c1ccc(OC[C@@H](O)CN2C(=O)NC3(CCC(C)CC3)C2=O)cc1. The minimum atomic E-state index is -0.996. The fraction of sp³-hybridized carbons (Fsp3) is 0.550. The van der Waals surface area contributed by atoms with Gasteiger partial charge in [0.05, 0.1) is 6.54 Å². The summed E-state index contributed by atoms with van der Waals surface area (Å²) in [6.45, 7) is 3.47. The second-order valence-corrected chi connectivity index (χ2v) is 7.66. The van der Waals surface area contributed by atoms with Gasteiger partial charge in [-0.25, -0.2) is 4.79 Å². The van der Waals surface area contributed by atoms with E-state index in [1.54, 1.807) is 24.3 Å². The maximum absolute atomic E-state index is 12.8. The first-order valence-corrected chi connectivity index (χ1v) is 9.37. The van der Waals surface area contributed by atoms with Crippen LogP contribution in [0.15, 0.2) is 24.3 Å². The van der Waals surface area contributed by atoms with E-state index in [2.05, 4.69) is 12.2 Å². The molecule has 1 aromatic rings. The largest absolute Gasteiger partial charge is 0.491 e. The van der Waals surface area contributed by atoms with Gasteiger partial charge in [-0.15, -0.1) is 0 Å². The summed E-state index contributed by atoms with van der Waals surface area (Å²) < 4.78 is 5.50. The number of amides is 3. The Kier molecular flexibility index (Phi) is 5.51. The van der Waals surface area contributed by atoms with Crippen LogP contribution < -0.4 is 10.1 Å². The highest BCUT2D eigenvalue weighted by molar-refractivity contribution is 6.07. The normalized spacial score (nSPS) is 26.2. The first kappa shape index (κ1) is 19.4. The molecular weight excluding hydrogens is 348 g/mol. The number of rotatable bonds is 6. The molecule has 1 saturated heterocycles. The number of nitrogens with one attached hydrogen (secondary N) is 1. The molecule has 3 amide bonds. The van der Waals surface area contributed by atoms with Crippen molar-refractivity contribution in [3.63, 3.8) is 0 Å². The molecule has 1 aromatic carbocycles. The molecule has 1 spiro atoms. The van der Waals surface area contributed by atoms with E-state index >= 15 is 0 Å². The Balaban J connectivity index is 1.54. The zero-order valence-electron chi connectivity index (χ0n) is 15.7. The molecule has 1 saturated carbocycles. The number of urea groups is 1. The predicted molar refractivity (Wildman–Crippen MR) is 98.6 cm³/mol. The molecular formula is C20H26N2O5. The van der Waals surface area contributed by atoms with Gasteiger partial charge in [-0.3, -0.25) is 14.5 Å². The quantitative estimate of drug-likeness (QED) is 0.587. The number of benzene rings is 1. The first-order valence-electron chi connectivity index (χ1n) is 9.37. The maximum atomic E-state index is 12.8. The van der Waals surface area contributed by atoms with E-state index in [1.165, 1.54) is 6.92 Å². The van der Waals surface area contributed by atoms with E-state index in [9.17, 15) is 19.5 Å². The molecule has 27 heavy (non-hydrogen) atoms. The Morgan fingerprint density at radius 3 is 2.52 bits per heavy atom. The maximum Gasteiger partial charge on any atom is 0.325 e. The van der Waals surface area contributed by atoms with Gasteiger partial charge >= 0.3 is 6.03 Å². The van der Waals surface area contributed by atoms with Crippen LogP contribution in [0.3, 0.4) is 0 Å². The highest BCUT2D eigenvalue weighted by atomic mass is 16.5. The number of nitrogens with zero attached hydrogens (tertiary/aromatic N) is 1. The minimum absolute atomic E-state index is 0.0359. The number of aliphatic hydroxyl groups excluding tert-OH is 1. The van der Waals surface area contributed by atoms with Crippen LogP contribution in [0.4, 0.5) is 4.79 Å². The smallest absolute Gasteiger partial charge is 0.325 e. The van der Waals surface area contributed by atoms with Crippen molar-refractivity contribution < 1.29 is 24.2 Å². The van der Waals surface area contributed by atoms with Crippen LogP contribution in [0.5, 0.6) is 5.75 Å². The molecule has 1 atom stereocenters. The molecule has 0 aromatic heterocycles. The van der Waals surface area contributed by atoms with Crippen LogP contribution in [0.25, 0.3) is 0 Å². The summed E-state index contributed by atoms with van der Waals surface area (Å²) in [6, 6.07) is 6.15. The van der Waals surface area contributed by atoms with Gasteiger partial charge < -0.3 is 15.2 Å². The summed E-state index contributed by atoms with van der Waals surface area (Å²) in [5, 5.41) is 13.1. The van der Waals surface area contributed by atoms with Gasteiger partial charge in [0.2, 0.25) is 0 Å². The number of carbonyl (C=O) groups is 3. The fourth-order valence-electron chi connectivity index (χ4n) is 3.68. The molecule has 2 N–H and O–H groups in total. The van der Waals surface area contributed by atoms with E-state index in [-0.39, 0.29) is 24.8 Å². The topological polar surface area (TPSA) is 95.9 Å². The summed E-state index contributed by atoms with van der Waals surface area (Å²) in [5.41, 5.74) is -0.221. The second kappa shape index (κ2) is 7.68. The standard InChI is InChI=1S/C20H26N2O5/c1-13-7-9-20(10-8-13)18(25)22(19(26)21-20)11-16(24)12-27-17-5-3-15(4-6-17)14(2)23/h3-6,13,16,24H,7-12H2,1-2H3,(H,21,26)/t13?,16-,20?/m0/s1. The number of aliphatic hydroxyl groups is 1. The van der Waals surface area contributed by atoms with Gasteiger partial charge in [-0.2, -0.15) is 0 Å². The van der Waals surface area contributed by atoms with Crippen molar-refractivity contribution in [2.45, 2.75) is 51.2 Å². The van der Waals surface area contributed by atoms with Crippen LogP contribution in [0.1, 0.15) is 49.9 Å². The van der Waals surface area contributed by atoms with Crippen LogP contribution >= 0.6 is 0 Å². The van der Waals surface area contributed by atoms with Gasteiger partial charge in [0.15, 0.2) is 5.78 Å². The number of hydrogen-bond donors (Lipinski definition) is 2. The molecule has 3 rings (SSSR count). The molecule has 1 heterocycles. The summed E-state index contributed by atoms with van der Waals surface area (Å²) in [7, 11) is 0. The second-order valence-electron chi connectivity index (χ2n) is 7.66. The summed E-state index contributed by atoms with van der Waals surface area (Å²) in [5.74, 6) is 0.784. The molecule has 7 nitrogen and oxygen atoms in total. The van der Waals surface area contributed by atoms with Crippen molar-refractivity contribution >= 4 is 17.7 Å². The third kappa shape index (κ3) is 4.13. The lowest BCUT2D eigenvalue weighted by atomic mass is 9.77. The van der Waals surface area contributed by atoms with Crippen molar-refractivity contribution in [3.05, 3.63) is 29.8 Å². The lowest BCUT2D eigenvalue weighted by Crippen LogP contribution is -2.49. The van der Waals surface area contributed by atoms with Crippen LogP contribution in [0.2, 0.25) is 0 Å². The van der Waals surface area contributed by atoms with E-state index in [0.29, 0.717) is 30.1 Å². The highest BCUT2D eigenvalue weighted by Crippen LogP contribution is 2.36. The van der Waals surface area contributed by atoms with Gasteiger partial charge in [0.25, 0.3) is 5.91 Å². The highest BCUT2D eigenvalue weighted by Gasteiger charge is 2.52. The Labute approximate surface area is 158 Å². The average Bonchev–Trinajstić information content (AvgIpc) is 2.87. The number of ether oxygens (including phenoxy) is 1. The monoisotopic (exact) mass is 374 g/mol. The van der Waals surface area contributed by atoms with Gasteiger partial charge in [-0.05, 0) is 62.8 Å². The Bertz CT molecular complexity index is 722. The predicted octanol–water partition coefficient (Wildman–Crippen LogP) is 2.13. The van der Waals surface area contributed by atoms with Crippen LogP contribution in [-0.4, -0.2) is 52.5 Å². The van der Waals surface area contributed by atoms with Gasteiger partial charge in [-0.1, -0.05) is 6.92 Å². The summed E-state index contributed by atoms with van der Waals surface area (Å²) >= 11 is 0. The number of Topliss-reactive ketones (excluding diaryl/α,β-unsaturated/α-hetero) is 1. The van der Waals surface area contributed by atoms with E-state index in [0.717, 1.165) is 17.7 Å². The van der Waals surface area contributed by atoms with Crippen molar-refractivity contribution in [3.8, 4) is 5.75 Å². The lowest BCUT2D eigenvalue weighted by molar-refractivity contribution is -0.133. The first-order chi connectivity index (χ1) is 12.8. The van der Waals surface area contributed by atoms with E-state index in [1.807, 2.05) is 0 Å². The molecule has 1 aliphatic heterocycles. The fourth-order valence-corrected chi connectivity index (χ4v) is 3.68. The van der Waals surface area contributed by atoms with Crippen LogP contribution in [-0.2, 0) is 4.79 Å². The summed E-state index contributed by atoms with van der Waals surface area (Å²) in [6.07, 6.45) is 2.10. The average molecular weight is 374 g/mol. The zero-order valence-corrected chi connectivity index (χ0v) is 15.7. The molecule has 2 aliphatic rings. The van der Waals surface area contributed by atoms with E-state index in [4.69, 9.17) is 4.74 Å². The number of ketones is 1. The number of β-amino-alcohol motifs (C(OH)–C–C–N with tert-alkyl or cyclic N) is 1. The molecule has 1 aliphatic carbocycles. The number of imide groups is 1. The minimum Gasteiger partial charge on any atom is -0.491 e. The lowest BCUT2D eigenvalue weighted by Gasteiger charge is -2.33. The Morgan fingerprint density at radius 1 is 1.30 bits per heavy atom.